The van der Waals surface area contributed by atoms with Gasteiger partial charge in [0.05, 0.1) is 17.3 Å². The second-order valence-corrected chi connectivity index (χ2v) is 7.11. The quantitative estimate of drug-likeness (QED) is 0.275. The van der Waals surface area contributed by atoms with E-state index in [9.17, 15) is 9.59 Å². The summed E-state index contributed by atoms with van der Waals surface area (Å²) < 4.78 is 0. The molecule has 4 rings (SSSR count). The largest absolute Gasteiger partial charge is 0.353 e. The molecule has 2 amide bonds. The first-order valence-corrected chi connectivity index (χ1v) is 9.96. The second-order valence-electron chi connectivity index (χ2n) is 7.11. The standard InChI is InChI=1S/C22H23N7O2/c23-16(12-19-15-8-4-5-9-17(15)26-28-19)21(30)24-10-11-25-22(31)20-13-18(27-29-20)14-6-2-1-3-7-14/h1-9,13,16H,10-12,23H2,(H,24,30)(H,25,31)(H,26,28)(H,27,29)/t16-/m0/s1. The summed E-state index contributed by atoms with van der Waals surface area (Å²) in [4.78, 5) is 24.6. The van der Waals surface area contributed by atoms with Gasteiger partial charge in [0.15, 0.2) is 0 Å². The molecule has 1 atom stereocenters. The van der Waals surface area contributed by atoms with E-state index in [1.807, 2.05) is 54.6 Å². The lowest BCUT2D eigenvalue weighted by atomic mass is 10.1. The Morgan fingerprint density at radius 1 is 0.935 bits per heavy atom. The van der Waals surface area contributed by atoms with Crippen LogP contribution in [0.25, 0.3) is 22.2 Å². The van der Waals surface area contributed by atoms with Crippen molar-refractivity contribution in [3.8, 4) is 11.3 Å². The highest BCUT2D eigenvalue weighted by Crippen LogP contribution is 2.17. The van der Waals surface area contributed by atoms with Crippen molar-refractivity contribution in [2.24, 2.45) is 5.73 Å². The van der Waals surface area contributed by atoms with Crippen LogP contribution in [0.1, 0.15) is 16.2 Å². The Labute approximate surface area is 178 Å². The van der Waals surface area contributed by atoms with Gasteiger partial charge in [0.2, 0.25) is 5.91 Å². The molecule has 2 heterocycles. The van der Waals surface area contributed by atoms with Crippen LogP contribution in [0.15, 0.2) is 60.7 Å². The van der Waals surface area contributed by atoms with E-state index >= 15 is 0 Å². The fourth-order valence-corrected chi connectivity index (χ4v) is 3.27. The molecule has 0 aliphatic heterocycles. The monoisotopic (exact) mass is 417 g/mol. The summed E-state index contributed by atoms with van der Waals surface area (Å²) in [6.45, 7) is 0.533. The van der Waals surface area contributed by atoms with Gasteiger partial charge >= 0.3 is 0 Å². The Morgan fingerprint density at radius 2 is 1.68 bits per heavy atom. The fourth-order valence-electron chi connectivity index (χ4n) is 3.27. The molecular weight excluding hydrogens is 394 g/mol. The first-order valence-electron chi connectivity index (χ1n) is 9.96. The molecule has 4 aromatic rings. The molecule has 6 N–H and O–H groups in total. The molecule has 0 fully saturated rings. The number of hydrogen-bond donors (Lipinski definition) is 5. The van der Waals surface area contributed by atoms with Crippen LogP contribution in [0, 0.1) is 0 Å². The van der Waals surface area contributed by atoms with E-state index in [1.54, 1.807) is 6.07 Å². The van der Waals surface area contributed by atoms with Crippen molar-refractivity contribution < 1.29 is 9.59 Å². The predicted octanol–water partition coefficient (Wildman–Crippen LogP) is 1.37. The third-order valence-corrected chi connectivity index (χ3v) is 4.90. The number of nitrogens with two attached hydrogens (primary N) is 1. The van der Waals surface area contributed by atoms with Gasteiger partial charge in [-0.3, -0.25) is 19.8 Å². The van der Waals surface area contributed by atoms with Crippen LogP contribution >= 0.6 is 0 Å². The lowest BCUT2D eigenvalue weighted by Crippen LogP contribution is -2.44. The van der Waals surface area contributed by atoms with Crippen LogP contribution in [0.2, 0.25) is 0 Å². The lowest BCUT2D eigenvalue weighted by Gasteiger charge is -2.12. The molecule has 0 aliphatic rings. The van der Waals surface area contributed by atoms with E-state index in [4.69, 9.17) is 5.73 Å². The molecule has 0 bridgehead atoms. The number of carbonyl (C=O) groups is 2. The van der Waals surface area contributed by atoms with Gasteiger partial charge in [-0.1, -0.05) is 48.5 Å². The number of para-hydroxylation sites is 1. The topological polar surface area (TPSA) is 142 Å². The van der Waals surface area contributed by atoms with Crippen LogP contribution in [0.3, 0.4) is 0 Å². The molecule has 2 aromatic heterocycles. The van der Waals surface area contributed by atoms with E-state index in [1.165, 1.54) is 0 Å². The smallest absolute Gasteiger partial charge is 0.269 e. The average Bonchev–Trinajstić information content (AvgIpc) is 3.45. The number of aromatic nitrogens is 4. The van der Waals surface area contributed by atoms with E-state index < -0.39 is 6.04 Å². The van der Waals surface area contributed by atoms with Crippen molar-refractivity contribution in [3.63, 3.8) is 0 Å². The van der Waals surface area contributed by atoms with Crippen LogP contribution in [0.4, 0.5) is 0 Å². The molecule has 0 aliphatic carbocycles. The number of H-pyrrole nitrogens is 2. The third kappa shape index (κ3) is 4.78. The van der Waals surface area contributed by atoms with E-state index in [-0.39, 0.29) is 24.9 Å². The Bertz CT molecular complexity index is 1180. The van der Waals surface area contributed by atoms with Gasteiger partial charge in [0.1, 0.15) is 5.69 Å². The molecule has 0 spiro atoms. The molecular formula is C22H23N7O2. The van der Waals surface area contributed by atoms with Gasteiger partial charge in [-0.15, -0.1) is 0 Å². The molecule has 0 saturated carbocycles. The van der Waals surface area contributed by atoms with Crippen molar-refractivity contribution in [2.45, 2.75) is 12.5 Å². The molecule has 9 nitrogen and oxygen atoms in total. The number of fused-ring (bicyclic) bond motifs is 1. The van der Waals surface area contributed by atoms with Gasteiger partial charge in [-0.05, 0) is 12.1 Å². The summed E-state index contributed by atoms with van der Waals surface area (Å²) in [5, 5.41) is 20.5. The van der Waals surface area contributed by atoms with Crippen LogP contribution in [-0.4, -0.2) is 51.3 Å². The van der Waals surface area contributed by atoms with Crippen molar-refractivity contribution in [1.82, 2.24) is 31.0 Å². The van der Waals surface area contributed by atoms with Crippen molar-refractivity contribution in [2.75, 3.05) is 13.1 Å². The summed E-state index contributed by atoms with van der Waals surface area (Å²) >= 11 is 0. The second kappa shape index (κ2) is 9.23. The first kappa shape index (κ1) is 20.3. The highest BCUT2D eigenvalue weighted by molar-refractivity contribution is 5.93. The Morgan fingerprint density at radius 3 is 2.52 bits per heavy atom. The normalized spacial score (nSPS) is 11.9. The number of carbonyl (C=O) groups excluding carboxylic acids is 2. The maximum atomic E-state index is 12.3. The number of nitrogens with zero attached hydrogens (tertiary/aromatic N) is 2. The zero-order valence-electron chi connectivity index (χ0n) is 16.8. The molecule has 0 saturated heterocycles. The summed E-state index contributed by atoms with van der Waals surface area (Å²) in [5.74, 6) is -0.585. The van der Waals surface area contributed by atoms with Crippen molar-refractivity contribution >= 4 is 22.7 Å². The van der Waals surface area contributed by atoms with Crippen LogP contribution in [-0.2, 0) is 11.2 Å². The average molecular weight is 417 g/mol. The van der Waals surface area contributed by atoms with E-state index in [0.29, 0.717) is 17.8 Å². The lowest BCUT2D eigenvalue weighted by molar-refractivity contribution is -0.122. The Kier molecular flexibility index (Phi) is 6.04. The van der Waals surface area contributed by atoms with Gasteiger partial charge in [0.25, 0.3) is 5.91 Å². The third-order valence-electron chi connectivity index (χ3n) is 4.90. The number of aromatic amines is 2. The maximum absolute atomic E-state index is 12.3. The van der Waals surface area contributed by atoms with E-state index in [0.717, 1.165) is 22.2 Å². The van der Waals surface area contributed by atoms with Crippen molar-refractivity contribution in [1.29, 1.82) is 0 Å². The summed E-state index contributed by atoms with van der Waals surface area (Å²) in [5.41, 5.74) is 9.65. The van der Waals surface area contributed by atoms with Gasteiger partial charge in [-0.25, -0.2) is 0 Å². The Balaban J connectivity index is 1.22. The van der Waals surface area contributed by atoms with Crippen LogP contribution in [0.5, 0.6) is 0 Å². The number of amides is 2. The number of rotatable bonds is 8. The predicted molar refractivity (Wildman–Crippen MR) is 117 cm³/mol. The number of nitrogens with one attached hydrogen (secondary N) is 4. The summed E-state index contributed by atoms with van der Waals surface area (Å²) in [6.07, 6.45) is 0.342. The Hall–Kier alpha value is -3.98. The maximum Gasteiger partial charge on any atom is 0.269 e. The molecule has 31 heavy (non-hydrogen) atoms. The molecule has 2 aromatic carbocycles. The number of hydrogen-bond acceptors (Lipinski definition) is 5. The zero-order valence-corrected chi connectivity index (χ0v) is 16.8. The minimum Gasteiger partial charge on any atom is -0.353 e. The minimum absolute atomic E-state index is 0.266. The van der Waals surface area contributed by atoms with Gasteiger partial charge in [-0.2, -0.15) is 10.2 Å². The van der Waals surface area contributed by atoms with Crippen LogP contribution < -0.4 is 16.4 Å². The highest BCUT2D eigenvalue weighted by atomic mass is 16.2. The molecule has 9 heteroatoms. The van der Waals surface area contributed by atoms with Crippen molar-refractivity contribution in [3.05, 3.63) is 72.1 Å². The molecule has 0 radical (unpaired) electrons. The fraction of sp³-hybridized carbons (Fsp3) is 0.182. The van der Waals surface area contributed by atoms with Gasteiger partial charge < -0.3 is 16.4 Å². The SMILES string of the molecule is N[C@@H](Cc1[nH]nc2ccccc12)C(=O)NCCNC(=O)c1cc(-c2ccccc2)n[nH]1. The van der Waals surface area contributed by atoms with Gasteiger partial charge in [0, 0.05) is 36.2 Å². The minimum atomic E-state index is -0.722. The number of benzene rings is 2. The summed E-state index contributed by atoms with van der Waals surface area (Å²) in [6, 6.07) is 18.2. The highest BCUT2D eigenvalue weighted by Gasteiger charge is 2.17. The molecule has 158 valence electrons. The first-order chi connectivity index (χ1) is 15.1. The summed E-state index contributed by atoms with van der Waals surface area (Å²) in [7, 11) is 0. The van der Waals surface area contributed by atoms with E-state index in [2.05, 4.69) is 31.0 Å². The zero-order chi connectivity index (χ0) is 21.6. The molecule has 0 unspecified atom stereocenters.